The van der Waals surface area contributed by atoms with Gasteiger partial charge in [-0.2, -0.15) is 9.97 Å². The lowest BCUT2D eigenvalue weighted by Crippen LogP contribution is -2.01. The number of carboxylic acid groups (broad SMARTS) is 1. The van der Waals surface area contributed by atoms with E-state index >= 15 is 0 Å². The van der Waals surface area contributed by atoms with Crippen molar-refractivity contribution in [2.45, 2.75) is 20.3 Å². The van der Waals surface area contributed by atoms with Crippen molar-refractivity contribution in [3.05, 3.63) is 47.2 Å². The zero-order valence-corrected chi connectivity index (χ0v) is 11.7. The van der Waals surface area contributed by atoms with Crippen LogP contribution in [0.15, 0.2) is 30.5 Å². The van der Waals surface area contributed by atoms with Crippen molar-refractivity contribution in [2.24, 2.45) is 0 Å². The highest BCUT2D eigenvalue weighted by molar-refractivity contribution is 5.90. The van der Waals surface area contributed by atoms with Gasteiger partial charge in [-0.05, 0) is 36.1 Å². The van der Waals surface area contributed by atoms with Crippen LogP contribution in [0, 0.1) is 0 Å². The first kappa shape index (κ1) is 16.3. The number of hydrogen-bond acceptors (Lipinski definition) is 5. The number of hydrogen-bond donors (Lipinski definition) is 4. The highest BCUT2D eigenvalue weighted by atomic mass is 16.4. The summed E-state index contributed by atoms with van der Waals surface area (Å²) in [7, 11) is 0. The molecule has 0 aliphatic rings. The lowest BCUT2D eigenvalue weighted by atomic mass is 10.0. The fourth-order valence-corrected chi connectivity index (χ4v) is 2.43. The summed E-state index contributed by atoms with van der Waals surface area (Å²) in [6.45, 7) is 0. The van der Waals surface area contributed by atoms with Crippen molar-refractivity contribution in [3.63, 3.8) is 0 Å². The zero-order valence-electron chi connectivity index (χ0n) is 11.7. The standard InChI is InChI=1S/C15H15N5O2.CH4/c16-12-11-10(7-18-13(11)20-15(17)19-12)6-3-8-1-4-9(5-2-8)14(21)22;/h1-2,4-5,7H,3,6H2,(H,21,22)(H5,16,17,18,19,20);1H4. The molecule has 0 saturated carbocycles. The van der Waals surface area contributed by atoms with Gasteiger partial charge in [-0.25, -0.2) is 4.79 Å². The molecular weight excluding hydrogens is 294 g/mol. The second-order valence-electron chi connectivity index (χ2n) is 5.01. The number of fused-ring (bicyclic) bond motifs is 1. The molecule has 6 N–H and O–H groups in total. The number of rotatable bonds is 4. The van der Waals surface area contributed by atoms with Gasteiger partial charge in [0.1, 0.15) is 11.5 Å². The molecule has 1 aromatic carbocycles. The largest absolute Gasteiger partial charge is 0.478 e. The first-order valence-corrected chi connectivity index (χ1v) is 6.76. The number of carboxylic acids is 1. The van der Waals surface area contributed by atoms with Gasteiger partial charge in [0.15, 0.2) is 0 Å². The number of aromatic amines is 1. The molecule has 0 unspecified atom stereocenters. The van der Waals surface area contributed by atoms with E-state index in [0.717, 1.165) is 29.4 Å². The number of carbonyl (C=O) groups is 1. The van der Waals surface area contributed by atoms with Crippen molar-refractivity contribution >= 4 is 28.8 Å². The molecule has 0 radical (unpaired) electrons. The normalized spacial score (nSPS) is 10.4. The van der Waals surface area contributed by atoms with Gasteiger partial charge in [0.25, 0.3) is 0 Å². The molecule has 2 heterocycles. The van der Waals surface area contributed by atoms with Gasteiger partial charge in [-0.3, -0.25) is 0 Å². The lowest BCUT2D eigenvalue weighted by molar-refractivity contribution is 0.0697. The molecule has 2 aromatic heterocycles. The predicted octanol–water partition coefficient (Wildman–Crippen LogP) is 2.24. The van der Waals surface area contributed by atoms with Crippen LogP contribution in [0.3, 0.4) is 0 Å². The van der Waals surface area contributed by atoms with Gasteiger partial charge in [0, 0.05) is 6.20 Å². The summed E-state index contributed by atoms with van der Waals surface area (Å²) in [4.78, 5) is 22.0. The van der Waals surface area contributed by atoms with Crippen LogP contribution in [-0.4, -0.2) is 26.0 Å². The Kier molecular flexibility index (Phi) is 4.49. The first-order valence-electron chi connectivity index (χ1n) is 6.76. The van der Waals surface area contributed by atoms with Gasteiger partial charge >= 0.3 is 5.97 Å². The van der Waals surface area contributed by atoms with Crippen LogP contribution < -0.4 is 11.5 Å². The fourth-order valence-electron chi connectivity index (χ4n) is 2.43. The summed E-state index contributed by atoms with van der Waals surface area (Å²) in [5, 5.41) is 9.67. The van der Waals surface area contributed by atoms with Gasteiger partial charge in [0.2, 0.25) is 5.95 Å². The SMILES string of the molecule is C.Nc1nc(N)c2c(CCc3ccc(C(=O)O)cc3)c[nH]c2n1. The maximum absolute atomic E-state index is 10.8. The molecule has 120 valence electrons. The molecular formula is C16H19N5O2. The van der Waals surface area contributed by atoms with Crippen LogP contribution in [0.25, 0.3) is 11.0 Å². The first-order chi connectivity index (χ1) is 10.5. The van der Waals surface area contributed by atoms with E-state index in [4.69, 9.17) is 16.6 Å². The Balaban J connectivity index is 0.00000192. The van der Waals surface area contributed by atoms with Crippen LogP contribution in [0.1, 0.15) is 28.9 Å². The third-order valence-electron chi connectivity index (χ3n) is 3.54. The highest BCUT2D eigenvalue weighted by Gasteiger charge is 2.11. The number of nitrogens with zero attached hydrogens (tertiary/aromatic N) is 2. The second kappa shape index (κ2) is 6.35. The molecule has 0 amide bonds. The third-order valence-corrected chi connectivity index (χ3v) is 3.54. The number of anilines is 2. The summed E-state index contributed by atoms with van der Waals surface area (Å²) in [5.74, 6) is -0.423. The Morgan fingerprint density at radius 2 is 1.83 bits per heavy atom. The zero-order chi connectivity index (χ0) is 15.7. The molecule has 0 spiro atoms. The number of nitrogen functional groups attached to an aromatic ring is 2. The van der Waals surface area contributed by atoms with Gasteiger partial charge in [-0.1, -0.05) is 19.6 Å². The van der Waals surface area contributed by atoms with Crippen molar-refractivity contribution in [3.8, 4) is 0 Å². The number of aromatic nitrogens is 3. The maximum atomic E-state index is 10.8. The van der Waals surface area contributed by atoms with E-state index in [9.17, 15) is 4.79 Å². The molecule has 3 rings (SSSR count). The number of nitrogens with two attached hydrogens (primary N) is 2. The minimum Gasteiger partial charge on any atom is -0.478 e. The number of aryl methyl sites for hydroxylation is 2. The maximum Gasteiger partial charge on any atom is 0.335 e. The molecule has 0 fully saturated rings. The summed E-state index contributed by atoms with van der Waals surface area (Å²) >= 11 is 0. The third kappa shape index (κ3) is 3.23. The summed E-state index contributed by atoms with van der Waals surface area (Å²) in [6.07, 6.45) is 3.35. The van der Waals surface area contributed by atoms with Gasteiger partial charge < -0.3 is 21.6 Å². The van der Waals surface area contributed by atoms with E-state index in [2.05, 4.69) is 15.0 Å². The summed E-state index contributed by atoms with van der Waals surface area (Å²) < 4.78 is 0. The Labute approximate surface area is 133 Å². The molecule has 23 heavy (non-hydrogen) atoms. The summed E-state index contributed by atoms with van der Waals surface area (Å²) in [6, 6.07) is 6.84. The van der Waals surface area contributed by atoms with E-state index in [1.807, 2.05) is 18.3 Å². The van der Waals surface area contributed by atoms with E-state index in [0.29, 0.717) is 11.5 Å². The quantitative estimate of drug-likeness (QED) is 0.584. The molecule has 0 saturated heterocycles. The predicted molar refractivity (Wildman–Crippen MR) is 90.3 cm³/mol. The number of H-pyrrole nitrogens is 1. The Hall–Kier alpha value is -3.09. The van der Waals surface area contributed by atoms with Gasteiger partial charge in [-0.15, -0.1) is 0 Å². The average Bonchev–Trinajstić information content (AvgIpc) is 2.88. The number of benzene rings is 1. The molecule has 0 bridgehead atoms. The molecule has 7 nitrogen and oxygen atoms in total. The van der Waals surface area contributed by atoms with Crippen LogP contribution >= 0.6 is 0 Å². The van der Waals surface area contributed by atoms with Crippen LogP contribution in [0.5, 0.6) is 0 Å². The minimum atomic E-state index is -0.925. The minimum absolute atomic E-state index is 0. The molecule has 3 aromatic rings. The molecule has 0 aliphatic heterocycles. The molecule has 0 atom stereocenters. The summed E-state index contributed by atoms with van der Waals surface area (Å²) in [5.41, 5.74) is 14.4. The van der Waals surface area contributed by atoms with E-state index in [-0.39, 0.29) is 18.9 Å². The van der Waals surface area contributed by atoms with Crippen molar-refractivity contribution < 1.29 is 9.90 Å². The van der Waals surface area contributed by atoms with Crippen molar-refractivity contribution in [1.29, 1.82) is 0 Å². The molecule has 0 aliphatic carbocycles. The average molecular weight is 313 g/mol. The van der Waals surface area contributed by atoms with Crippen LogP contribution in [0.4, 0.5) is 11.8 Å². The number of aromatic carboxylic acids is 1. The van der Waals surface area contributed by atoms with Crippen LogP contribution in [0.2, 0.25) is 0 Å². The second-order valence-corrected chi connectivity index (χ2v) is 5.01. The Bertz CT molecular complexity index is 840. The van der Waals surface area contributed by atoms with E-state index in [1.54, 1.807) is 12.1 Å². The van der Waals surface area contributed by atoms with Gasteiger partial charge in [0.05, 0.1) is 10.9 Å². The topological polar surface area (TPSA) is 131 Å². The lowest BCUT2D eigenvalue weighted by Gasteiger charge is -2.03. The smallest absolute Gasteiger partial charge is 0.335 e. The number of nitrogens with one attached hydrogen (secondary N) is 1. The fraction of sp³-hybridized carbons (Fsp3) is 0.188. The van der Waals surface area contributed by atoms with E-state index in [1.165, 1.54) is 0 Å². The Morgan fingerprint density at radius 1 is 1.13 bits per heavy atom. The Morgan fingerprint density at radius 3 is 2.48 bits per heavy atom. The van der Waals surface area contributed by atoms with Crippen molar-refractivity contribution in [1.82, 2.24) is 15.0 Å². The van der Waals surface area contributed by atoms with Crippen molar-refractivity contribution in [2.75, 3.05) is 11.5 Å². The highest BCUT2D eigenvalue weighted by Crippen LogP contribution is 2.23. The molecule has 7 heteroatoms. The monoisotopic (exact) mass is 313 g/mol. The van der Waals surface area contributed by atoms with E-state index < -0.39 is 5.97 Å². The van der Waals surface area contributed by atoms with Crippen LogP contribution in [-0.2, 0) is 12.8 Å².